The Morgan fingerprint density at radius 2 is 1.82 bits per heavy atom. The van der Waals surface area contributed by atoms with Crippen LogP contribution in [-0.2, 0) is 0 Å². The van der Waals surface area contributed by atoms with E-state index in [-0.39, 0.29) is 5.41 Å². The number of nitrogens with one attached hydrogen (secondary N) is 2. The first-order valence-corrected chi connectivity index (χ1v) is 14.2. The number of fused-ring (bicyclic) bond motifs is 1. The second-order valence-corrected chi connectivity index (χ2v) is 12.2. The van der Waals surface area contributed by atoms with Gasteiger partial charge >= 0.3 is 0 Å². The SMILES string of the molecule is CC(C)c1ccc(Nc2cc(-c3nc(N(C)C4CCNCC4(C)C)c4c(C5CC5)cncc4n3)ccn2)cc1. The molecule has 4 aromatic rings. The summed E-state index contributed by atoms with van der Waals surface area (Å²) < 4.78 is 0. The lowest BCUT2D eigenvalue weighted by Crippen LogP contribution is -2.53. The fourth-order valence-electron chi connectivity index (χ4n) is 5.94. The molecule has 0 radical (unpaired) electrons. The van der Waals surface area contributed by atoms with Crippen molar-refractivity contribution in [3.05, 3.63) is 66.1 Å². The molecule has 2 fully saturated rings. The van der Waals surface area contributed by atoms with Gasteiger partial charge in [-0.3, -0.25) is 4.98 Å². The summed E-state index contributed by atoms with van der Waals surface area (Å²) >= 11 is 0. The molecule has 1 unspecified atom stereocenters. The third-order valence-electron chi connectivity index (χ3n) is 8.38. The van der Waals surface area contributed by atoms with Gasteiger partial charge in [-0.1, -0.05) is 39.8 Å². The Morgan fingerprint density at radius 1 is 1.03 bits per heavy atom. The van der Waals surface area contributed by atoms with Crippen LogP contribution in [-0.4, -0.2) is 46.1 Å². The van der Waals surface area contributed by atoms with E-state index in [9.17, 15) is 0 Å². The average molecular weight is 522 g/mol. The summed E-state index contributed by atoms with van der Waals surface area (Å²) in [6.07, 6.45) is 9.25. The molecule has 7 heteroatoms. The van der Waals surface area contributed by atoms with E-state index in [0.717, 1.165) is 53.3 Å². The van der Waals surface area contributed by atoms with Gasteiger partial charge in [0, 0.05) is 48.7 Å². The minimum atomic E-state index is 0.121. The molecule has 7 nitrogen and oxygen atoms in total. The van der Waals surface area contributed by atoms with Gasteiger partial charge in [0.15, 0.2) is 5.82 Å². The fourth-order valence-corrected chi connectivity index (χ4v) is 5.94. The summed E-state index contributed by atoms with van der Waals surface area (Å²) in [5.41, 5.74) is 5.58. The third-order valence-corrected chi connectivity index (χ3v) is 8.38. The van der Waals surface area contributed by atoms with Gasteiger partial charge in [-0.25, -0.2) is 15.0 Å². The van der Waals surface area contributed by atoms with Gasteiger partial charge in [0.05, 0.1) is 11.7 Å². The number of benzene rings is 1. The number of hydrogen-bond donors (Lipinski definition) is 2. The first kappa shape index (κ1) is 25.7. The Balaban J connectivity index is 1.40. The Kier molecular flexibility index (Phi) is 6.71. The van der Waals surface area contributed by atoms with Crippen LogP contribution in [0.3, 0.4) is 0 Å². The molecule has 1 saturated carbocycles. The molecule has 1 aliphatic carbocycles. The summed E-state index contributed by atoms with van der Waals surface area (Å²) in [7, 11) is 2.21. The van der Waals surface area contributed by atoms with E-state index in [0.29, 0.717) is 23.7 Å². The smallest absolute Gasteiger partial charge is 0.162 e. The van der Waals surface area contributed by atoms with Gasteiger partial charge < -0.3 is 15.5 Å². The normalized spacial score (nSPS) is 18.9. The number of piperidine rings is 1. The van der Waals surface area contributed by atoms with E-state index in [1.165, 1.54) is 24.0 Å². The van der Waals surface area contributed by atoms with Gasteiger partial charge in [-0.2, -0.15) is 0 Å². The summed E-state index contributed by atoms with van der Waals surface area (Å²) in [6.45, 7) is 11.1. The molecule has 3 aromatic heterocycles. The molecule has 1 aliphatic heterocycles. The second kappa shape index (κ2) is 10.2. The molecule has 202 valence electrons. The predicted molar refractivity (Wildman–Crippen MR) is 160 cm³/mol. The van der Waals surface area contributed by atoms with Crippen LogP contribution in [0.25, 0.3) is 22.3 Å². The Hall–Kier alpha value is -3.58. The van der Waals surface area contributed by atoms with E-state index in [2.05, 4.69) is 84.5 Å². The van der Waals surface area contributed by atoms with Crippen LogP contribution in [0.4, 0.5) is 17.3 Å². The van der Waals surface area contributed by atoms with E-state index in [4.69, 9.17) is 9.97 Å². The van der Waals surface area contributed by atoms with Crippen LogP contribution in [0.2, 0.25) is 0 Å². The minimum Gasteiger partial charge on any atom is -0.355 e. The summed E-state index contributed by atoms with van der Waals surface area (Å²) in [4.78, 5) is 21.9. The standard InChI is InChI=1S/C32H39N7/c1-20(2)21-8-10-24(11-9-21)36-28-16-23(12-15-35-28)30-37-26-18-34-17-25(22-6-7-22)29(26)31(38-30)39(5)27-13-14-33-19-32(27,3)4/h8-12,15-18,20,22,27,33H,6-7,13-14,19H2,1-5H3,(H,35,36). The number of anilines is 3. The van der Waals surface area contributed by atoms with Gasteiger partial charge in [0.2, 0.25) is 0 Å². The molecular formula is C32H39N7. The number of nitrogens with zero attached hydrogens (tertiary/aromatic N) is 5. The van der Waals surface area contributed by atoms with Gasteiger partial charge in [0.25, 0.3) is 0 Å². The molecular weight excluding hydrogens is 482 g/mol. The molecule has 39 heavy (non-hydrogen) atoms. The second-order valence-electron chi connectivity index (χ2n) is 12.2. The van der Waals surface area contributed by atoms with Crippen LogP contribution >= 0.6 is 0 Å². The zero-order chi connectivity index (χ0) is 27.1. The van der Waals surface area contributed by atoms with Crippen LogP contribution in [0.1, 0.15) is 69.9 Å². The topological polar surface area (TPSA) is 78.9 Å². The lowest BCUT2D eigenvalue weighted by atomic mass is 9.79. The zero-order valence-corrected chi connectivity index (χ0v) is 23.7. The van der Waals surface area contributed by atoms with Crippen LogP contribution in [0.5, 0.6) is 0 Å². The number of rotatable bonds is 7. The van der Waals surface area contributed by atoms with Crippen molar-refractivity contribution in [2.75, 3.05) is 30.4 Å². The Labute approximate surface area is 231 Å². The molecule has 2 N–H and O–H groups in total. The lowest BCUT2D eigenvalue weighted by molar-refractivity contribution is 0.215. The first-order chi connectivity index (χ1) is 18.8. The van der Waals surface area contributed by atoms with Gasteiger partial charge in [-0.05, 0) is 78.5 Å². The predicted octanol–water partition coefficient (Wildman–Crippen LogP) is 6.66. The van der Waals surface area contributed by atoms with Gasteiger partial charge in [0.1, 0.15) is 11.6 Å². The maximum atomic E-state index is 5.27. The molecule has 6 rings (SSSR count). The van der Waals surface area contributed by atoms with Gasteiger partial charge in [-0.15, -0.1) is 0 Å². The van der Waals surface area contributed by atoms with E-state index in [1.54, 1.807) is 0 Å². The molecule has 1 saturated heterocycles. The van der Waals surface area contributed by atoms with E-state index >= 15 is 0 Å². The summed E-state index contributed by atoms with van der Waals surface area (Å²) in [5, 5.41) is 8.19. The number of pyridine rings is 2. The Morgan fingerprint density at radius 3 is 2.54 bits per heavy atom. The molecule has 1 atom stereocenters. The maximum Gasteiger partial charge on any atom is 0.162 e. The van der Waals surface area contributed by atoms with Crippen molar-refractivity contribution in [1.82, 2.24) is 25.3 Å². The summed E-state index contributed by atoms with van der Waals surface area (Å²) in [5.74, 6) is 3.54. The highest BCUT2D eigenvalue weighted by atomic mass is 15.2. The van der Waals surface area contributed by atoms with Crippen molar-refractivity contribution in [1.29, 1.82) is 0 Å². The van der Waals surface area contributed by atoms with E-state index in [1.807, 2.05) is 30.7 Å². The molecule has 0 amide bonds. The van der Waals surface area contributed by atoms with Crippen molar-refractivity contribution in [2.24, 2.45) is 5.41 Å². The highest BCUT2D eigenvalue weighted by Gasteiger charge is 2.37. The average Bonchev–Trinajstić information content (AvgIpc) is 3.78. The zero-order valence-electron chi connectivity index (χ0n) is 23.7. The van der Waals surface area contributed by atoms with Crippen molar-refractivity contribution in [2.45, 2.75) is 64.8 Å². The highest BCUT2D eigenvalue weighted by molar-refractivity contribution is 5.94. The van der Waals surface area contributed by atoms with Crippen molar-refractivity contribution < 1.29 is 0 Å². The van der Waals surface area contributed by atoms with Crippen LogP contribution < -0.4 is 15.5 Å². The minimum absolute atomic E-state index is 0.121. The Bertz CT molecular complexity index is 1470. The monoisotopic (exact) mass is 521 g/mol. The fraction of sp³-hybridized carbons (Fsp3) is 0.438. The number of hydrogen-bond acceptors (Lipinski definition) is 7. The highest BCUT2D eigenvalue weighted by Crippen LogP contribution is 2.45. The molecule has 0 spiro atoms. The third kappa shape index (κ3) is 5.20. The maximum absolute atomic E-state index is 5.27. The molecule has 2 aliphatic rings. The quantitative estimate of drug-likeness (QED) is 0.282. The summed E-state index contributed by atoms with van der Waals surface area (Å²) in [6, 6.07) is 12.9. The van der Waals surface area contributed by atoms with Crippen molar-refractivity contribution in [3.8, 4) is 11.4 Å². The van der Waals surface area contributed by atoms with Crippen LogP contribution in [0, 0.1) is 5.41 Å². The largest absolute Gasteiger partial charge is 0.355 e. The van der Waals surface area contributed by atoms with Crippen LogP contribution in [0.15, 0.2) is 55.0 Å². The lowest BCUT2D eigenvalue weighted by Gasteiger charge is -2.45. The molecule has 0 bridgehead atoms. The van der Waals surface area contributed by atoms with Crippen molar-refractivity contribution in [3.63, 3.8) is 0 Å². The molecule has 1 aromatic carbocycles. The van der Waals surface area contributed by atoms with Crippen molar-refractivity contribution >= 4 is 28.2 Å². The van der Waals surface area contributed by atoms with E-state index < -0.39 is 0 Å². The molecule has 4 heterocycles. The number of aromatic nitrogens is 4. The first-order valence-electron chi connectivity index (χ1n) is 14.2.